The summed E-state index contributed by atoms with van der Waals surface area (Å²) in [5, 5.41) is 0. The van der Waals surface area contributed by atoms with Crippen molar-refractivity contribution in [1.29, 1.82) is 0 Å². The first-order valence-electron chi connectivity index (χ1n) is 9.48. The molecule has 0 radical (unpaired) electrons. The molecule has 0 saturated heterocycles. The zero-order valence-electron chi connectivity index (χ0n) is 16.1. The first-order chi connectivity index (χ1) is 13.3. The molecular weight excluding hydrogens is 385 g/mol. The first kappa shape index (κ1) is 20.9. The van der Waals surface area contributed by atoms with Crippen LogP contribution in [0.5, 0.6) is 11.5 Å². The maximum atomic E-state index is 12.6. The number of alkyl halides is 3. The van der Waals surface area contributed by atoms with Gasteiger partial charge >= 0.3 is 6.18 Å². The van der Waals surface area contributed by atoms with Crippen molar-refractivity contribution in [2.45, 2.75) is 44.2 Å². The van der Waals surface area contributed by atoms with Crippen LogP contribution in [-0.2, 0) is 6.18 Å². The third-order valence-corrected chi connectivity index (χ3v) is 6.18. The monoisotopic (exact) mass is 410 g/mol. The fraction of sp³-hybridized carbons (Fsp3) is 0.455. The molecule has 2 aromatic carbocycles. The number of aryl methyl sites for hydroxylation is 1. The fourth-order valence-electron chi connectivity index (χ4n) is 2.81. The number of thioether (sulfide) groups is 1. The van der Waals surface area contributed by atoms with E-state index in [-0.39, 0.29) is 5.41 Å². The van der Waals surface area contributed by atoms with E-state index in [0.717, 1.165) is 55.1 Å². The van der Waals surface area contributed by atoms with Crippen molar-refractivity contribution < 1.29 is 22.6 Å². The molecule has 6 heteroatoms. The minimum absolute atomic E-state index is 0.110. The number of halogens is 3. The van der Waals surface area contributed by atoms with Gasteiger partial charge in [0.2, 0.25) is 0 Å². The van der Waals surface area contributed by atoms with Crippen LogP contribution in [0.15, 0.2) is 47.4 Å². The second-order valence-corrected chi connectivity index (χ2v) is 8.42. The summed E-state index contributed by atoms with van der Waals surface area (Å²) in [6.45, 7) is 5.39. The van der Waals surface area contributed by atoms with Gasteiger partial charge in [0.25, 0.3) is 0 Å². The van der Waals surface area contributed by atoms with Crippen molar-refractivity contribution in [1.82, 2.24) is 0 Å². The Morgan fingerprint density at radius 2 is 1.75 bits per heavy atom. The van der Waals surface area contributed by atoms with Gasteiger partial charge in [0.05, 0.1) is 18.8 Å². The third kappa shape index (κ3) is 5.60. The Balaban J connectivity index is 1.50. The lowest BCUT2D eigenvalue weighted by molar-refractivity contribution is -0.137. The standard InChI is InChI=1S/C22H25F3O2S/c1-3-12-26-20-9-8-19(13-16(20)2)28-15-21(10-11-21)14-27-18-6-4-17(5-7-18)22(23,24)25/h4-9,13H,3,10-12,14-15H2,1-2H3. The molecule has 152 valence electrons. The maximum Gasteiger partial charge on any atom is 0.416 e. The summed E-state index contributed by atoms with van der Waals surface area (Å²) in [5.41, 5.74) is 0.584. The van der Waals surface area contributed by atoms with E-state index < -0.39 is 11.7 Å². The fourth-order valence-corrected chi connectivity index (χ4v) is 4.07. The molecule has 0 aliphatic heterocycles. The van der Waals surface area contributed by atoms with Gasteiger partial charge in [-0.05, 0) is 74.2 Å². The Hall–Kier alpha value is -1.82. The van der Waals surface area contributed by atoms with E-state index in [1.165, 1.54) is 17.0 Å². The van der Waals surface area contributed by atoms with Crippen molar-refractivity contribution in [3.05, 3.63) is 53.6 Å². The van der Waals surface area contributed by atoms with E-state index in [1.807, 2.05) is 6.07 Å². The minimum atomic E-state index is -4.32. The van der Waals surface area contributed by atoms with Crippen LogP contribution in [0.3, 0.4) is 0 Å². The highest BCUT2D eigenvalue weighted by Crippen LogP contribution is 2.49. The van der Waals surface area contributed by atoms with Crippen molar-refractivity contribution in [3.63, 3.8) is 0 Å². The van der Waals surface area contributed by atoms with E-state index in [1.54, 1.807) is 11.8 Å². The van der Waals surface area contributed by atoms with E-state index in [0.29, 0.717) is 12.4 Å². The number of benzene rings is 2. The molecule has 0 aromatic heterocycles. The molecule has 0 unspecified atom stereocenters. The van der Waals surface area contributed by atoms with E-state index in [4.69, 9.17) is 9.47 Å². The number of hydrogen-bond acceptors (Lipinski definition) is 3. The van der Waals surface area contributed by atoms with Crippen LogP contribution in [-0.4, -0.2) is 19.0 Å². The lowest BCUT2D eigenvalue weighted by Crippen LogP contribution is -2.16. The average molecular weight is 411 g/mol. The van der Waals surface area contributed by atoms with Gasteiger partial charge in [0.1, 0.15) is 11.5 Å². The summed E-state index contributed by atoms with van der Waals surface area (Å²) in [6.07, 6.45) is -1.17. The molecule has 0 amide bonds. The van der Waals surface area contributed by atoms with E-state index in [2.05, 4.69) is 26.0 Å². The Morgan fingerprint density at radius 3 is 2.32 bits per heavy atom. The Morgan fingerprint density at radius 1 is 1.04 bits per heavy atom. The molecule has 0 bridgehead atoms. The van der Waals surface area contributed by atoms with Gasteiger partial charge < -0.3 is 9.47 Å². The minimum Gasteiger partial charge on any atom is -0.493 e. The molecule has 1 fully saturated rings. The average Bonchev–Trinajstić information content (AvgIpc) is 3.44. The maximum absolute atomic E-state index is 12.6. The number of ether oxygens (including phenoxy) is 2. The van der Waals surface area contributed by atoms with Crippen molar-refractivity contribution in [2.24, 2.45) is 5.41 Å². The van der Waals surface area contributed by atoms with Gasteiger partial charge in [-0.25, -0.2) is 0 Å². The van der Waals surface area contributed by atoms with Gasteiger partial charge in [0, 0.05) is 16.1 Å². The molecule has 1 saturated carbocycles. The summed E-state index contributed by atoms with van der Waals surface area (Å²) in [7, 11) is 0. The van der Waals surface area contributed by atoms with Crippen molar-refractivity contribution in [3.8, 4) is 11.5 Å². The third-order valence-electron chi connectivity index (χ3n) is 4.84. The smallest absolute Gasteiger partial charge is 0.416 e. The Labute approximate surface area is 168 Å². The lowest BCUT2D eigenvalue weighted by Gasteiger charge is -2.17. The topological polar surface area (TPSA) is 18.5 Å². The predicted molar refractivity (Wildman–Crippen MR) is 106 cm³/mol. The summed E-state index contributed by atoms with van der Waals surface area (Å²) < 4.78 is 49.4. The van der Waals surface area contributed by atoms with Crippen LogP contribution in [0.2, 0.25) is 0 Å². The summed E-state index contributed by atoms with van der Waals surface area (Å²) in [6, 6.07) is 11.2. The summed E-state index contributed by atoms with van der Waals surface area (Å²) >= 11 is 1.79. The second kappa shape index (κ2) is 8.68. The molecule has 28 heavy (non-hydrogen) atoms. The highest BCUT2D eigenvalue weighted by Gasteiger charge is 2.43. The SMILES string of the molecule is CCCOc1ccc(SCC2(COc3ccc(C(F)(F)F)cc3)CC2)cc1C. The van der Waals surface area contributed by atoms with Gasteiger partial charge in [0.15, 0.2) is 0 Å². The van der Waals surface area contributed by atoms with Gasteiger partial charge in [-0.2, -0.15) is 13.2 Å². The van der Waals surface area contributed by atoms with Crippen LogP contribution in [0.25, 0.3) is 0 Å². The molecule has 0 heterocycles. The summed E-state index contributed by atoms with van der Waals surface area (Å²) in [5.74, 6) is 2.35. The highest BCUT2D eigenvalue weighted by molar-refractivity contribution is 7.99. The lowest BCUT2D eigenvalue weighted by atomic mass is 10.1. The molecule has 1 aliphatic carbocycles. The Bertz CT molecular complexity index is 783. The quantitative estimate of drug-likeness (QED) is 0.426. The van der Waals surface area contributed by atoms with Gasteiger partial charge in [-0.3, -0.25) is 0 Å². The molecule has 0 N–H and O–H groups in total. The van der Waals surface area contributed by atoms with E-state index in [9.17, 15) is 13.2 Å². The molecule has 0 atom stereocenters. The molecule has 0 spiro atoms. The molecule has 3 rings (SSSR count). The second-order valence-electron chi connectivity index (χ2n) is 7.38. The normalized spacial score (nSPS) is 15.3. The van der Waals surface area contributed by atoms with Crippen molar-refractivity contribution >= 4 is 11.8 Å². The highest BCUT2D eigenvalue weighted by atomic mass is 32.2. The van der Waals surface area contributed by atoms with Crippen LogP contribution in [0.1, 0.15) is 37.3 Å². The molecule has 1 aliphatic rings. The van der Waals surface area contributed by atoms with Crippen LogP contribution >= 0.6 is 11.8 Å². The predicted octanol–water partition coefficient (Wildman–Crippen LogP) is 6.75. The zero-order chi connectivity index (χ0) is 20.2. The Kier molecular flexibility index (Phi) is 6.48. The van der Waals surface area contributed by atoms with Crippen molar-refractivity contribution in [2.75, 3.05) is 19.0 Å². The largest absolute Gasteiger partial charge is 0.493 e. The molecular formula is C22H25F3O2S. The van der Waals surface area contributed by atoms with Gasteiger partial charge in [-0.15, -0.1) is 11.8 Å². The van der Waals surface area contributed by atoms with Crippen LogP contribution < -0.4 is 9.47 Å². The molecule has 2 aromatic rings. The number of hydrogen-bond donors (Lipinski definition) is 0. The van der Waals surface area contributed by atoms with Crippen LogP contribution in [0.4, 0.5) is 13.2 Å². The summed E-state index contributed by atoms with van der Waals surface area (Å²) in [4.78, 5) is 1.20. The first-order valence-corrected chi connectivity index (χ1v) is 10.5. The number of rotatable bonds is 9. The van der Waals surface area contributed by atoms with Gasteiger partial charge in [-0.1, -0.05) is 6.92 Å². The zero-order valence-corrected chi connectivity index (χ0v) is 17.0. The van der Waals surface area contributed by atoms with Crippen LogP contribution in [0, 0.1) is 12.3 Å². The molecule has 2 nitrogen and oxygen atoms in total. The van der Waals surface area contributed by atoms with E-state index >= 15 is 0 Å².